The number of anilines is 2. The van der Waals surface area contributed by atoms with E-state index in [2.05, 4.69) is 19.8 Å². The van der Waals surface area contributed by atoms with E-state index in [-0.39, 0.29) is 11.2 Å². The van der Waals surface area contributed by atoms with Gasteiger partial charge in [0.25, 0.3) is 5.56 Å². The van der Waals surface area contributed by atoms with Gasteiger partial charge in [0.05, 0.1) is 6.33 Å². The molecule has 6 heteroatoms. The number of piperidine rings is 1. The smallest absolute Gasteiger partial charge is 0.276 e. The fourth-order valence-corrected chi connectivity index (χ4v) is 3.31. The van der Waals surface area contributed by atoms with Gasteiger partial charge in [-0.25, -0.2) is 4.98 Å². The first kappa shape index (κ1) is 13.4. The van der Waals surface area contributed by atoms with Crippen LogP contribution in [0.3, 0.4) is 0 Å². The number of aromatic amines is 1. The summed E-state index contributed by atoms with van der Waals surface area (Å²) in [6.07, 6.45) is 6.46. The third-order valence-corrected chi connectivity index (χ3v) is 4.50. The molecule has 2 aliphatic rings. The minimum atomic E-state index is -0.241. The minimum Gasteiger partial charge on any atom is -0.391 e. The molecule has 0 amide bonds. The molecule has 110 valence electrons. The van der Waals surface area contributed by atoms with Crippen molar-refractivity contribution in [1.82, 2.24) is 14.9 Å². The van der Waals surface area contributed by atoms with Crippen LogP contribution >= 0.6 is 0 Å². The van der Waals surface area contributed by atoms with Gasteiger partial charge in [-0.3, -0.25) is 4.79 Å². The number of aromatic nitrogens is 2. The summed E-state index contributed by atoms with van der Waals surface area (Å²) in [5, 5.41) is 0. The maximum Gasteiger partial charge on any atom is 0.276 e. The van der Waals surface area contributed by atoms with Gasteiger partial charge in [0.1, 0.15) is 5.69 Å². The van der Waals surface area contributed by atoms with Crippen molar-refractivity contribution in [3.05, 3.63) is 16.7 Å². The number of rotatable bonds is 3. The number of nitrogens with one attached hydrogen (secondary N) is 1. The Morgan fingerprint density at radius 2 is 1.95 bits per heavy atom. The van der Waals surface area contributed by atoms with Gasteiger partial charge >= 0.3 is 0 Å². The number of nitrogen functional groups attached to an aromatic ring is 1. The van der Waals surface area contributed by atoms with Crippen LogP contribution in [-0.4, -0.2) is 47.6 Å². The van der Waals surface area contributed by atoms with Crippen molar-refractivity contribution in [2.24, 2.45) is 5.92 Å². The Kier molecular flexibility index (Phi) is 3.91. The fourth-order valence-electron chi connectivity index (χ4n) is 3.31. The molecule has 0 unspecified atom stereocenters. The normalized spacial score (nSPS) is 21.5. The lowest BCUT2D eigenvalue weighted by Gasteiger charge is -2.34. The summed E-state index contributed by atoms with van der Waals surface area (Å²) in [5.74, 6) is 1.42. The van der Waals surface area contributed by atoms with E-state index in [1.54, 1.807) is 0 Å². The maximum absolute atomic E-state index is 11.5. The van der Waals surface area contributed by atoms with Crippen molar-refractivity contribution >= 4 is 11.5 Å². The first-order chi connectivity index (χ1) is 9.74. The number of nitrogens with two attached hydrogens (primary N) is 1. The molecule has 1 aromatic heterocycles. The quantitative estimate of drug-likeness (QED) is 0.849. The van der Waals surface area contributed by atoms with Crippen LogP contribution in [0.2, 0.25) is 0 Å². The predicted octanol–water partition coefficient (Wildman–Crippen LogP) is 0.664. The van der Waals surface area contributed by atoms with Crippen molar-refractivity contribution in [2.75, 3.05) is 43.4 Å². The van der Waals surface area contributed by atoms with E-state index in [0.29, 0.717) is 5.82 Å². The summed E-state index contributed by atoms with van der Waals surface area (Å²) in [6, 6.07) is 0. The number of H-pyrrole nitrogens is 1. The Bertz CT molecular complexity index is 501. The molecule has 3 heterocycles. The monoisotopic (exact) mass is 277 g/mol. The highest BCUT2D eigenvalue weighted by Gasteiger charge is 2.24. The molecule has 0 bridgehead atoms. The molecule has 2 aliphatic heterocycles. The third-order valence-electron chi connectivity index (χ3n) is 4.50. The van der Waals surface area contributed by atoms with Gasteiger partial charge in [-0.2, -0.15) is 0 Å². The third kappa shape index (κ3) is 2.80. The van der Waals surface area contributed by atoms with Gasteiger partial charge < -0.3 is 20.5 Å². The van der Waals surface area contributed by atoms with E-state index in [1.165, 1.54) is 38.8 Å². The molecule has 20 heavy (non-hydrogen) atoms. The second kappa shape index (κ2) is 5.83. The van der Waals surface area contributed by atoms with Crippen LogP contribution in [-0.2, 0) is 0 Å². The minimum absolute atomic E-state index is 0.241. The first-order valence-electron chi connectivity index (χ1n) is 7.54. The van der Waals surface area contributed by atoms with Gasteiger partial charge in [-0.1, -0.05) is 0 Å². The van der Waals surface area contributed by atoms with E-state index >= 15 is 0 Å². The molecule has 3 N–H and O–H groups in total. The molecule has 2 fully saturated rings. The topological polar surface area (TPSA) is 78.2 Å². The van der Waals surface area contributed by atoms with Gasteiger partial charge in [0.2, 0.25) is 0 Å². The van der Waals surface area contributed by atoms with Crippen LogP contribution < -0.4 is 16.2 Å². The second-order valence-electron chi connectivity index (χ2n) is 5.91. The summed E-state index contributed by atoms with van der Waals surface area (Å²) >= 11 is 0. The average molecular weight is 277 g/mol. The Hall–Kier alpha value is -1.56. The van der Waals surface area contributed by atoms with Crippen molar-refractivity contribution in [2.45, 2.75) is 25.7 Å². The molecule has 1 aromatic rings. The second-order valence-corrected chi connectivity index (χ2v) is 5.91. The molecule has 0 radical (unpaired) electrons. The molecular weight excluding hydrogens is 254 g/mol. The summed E-state index contributed by atoms with van der Waals surface area (Å²) in [5.41, 5.74) is 5.82. The van der Waals surface area contributed by atoms with Gasteiger partial charge in [-0.05, 0) is 44.7 Å². The van der Waals surface area contributed by atoms with Crippen molar-refractivity contribution in [3.63, 3.8) is 0 Å². The largest absolute Gasteiger partial charge is 0.391 e. The number of hydrogen-bond donors (Lipinski definition) is 2. The van der Waals surface area contributed by atoms with Crippen molar-refractivity contribution in [3.8, 4) is 0 Å². The maximum atomic E-state index is 11.5. The summed E-state index contributed by atoms with van der Waals surface area (Å²) in [6.45, 7) is 5.65. The average Bonchev–Trinajstić information content (AvgIpc) is 2.96. The highest BCUT2D eigenvalue weighted by molar-refractivity contribution is 5.60. The van der Waals surface area contributed by atoms with Gasteiger partial charge in [-0.15, -0.1) is 0 Å². The molecule has 6 nitrogen and oxygen atoms in total. The lowest BCUT2D eigenvalue weighted by atomic mass is 9.96. The van der Waals surface area contributed by atoms with E-state index in [0.717, 1.165) is 31.8 Å². The summed E-state index contributed by atoms with van der Waals surface area (Å²) < 4.78 is 0. The van der Waals surface area contributed by atoms with Crippen molar-refractivity contribution < 1.29 is 0 Å². The summed E-state index contributed by atoms with van der Waals surface area (Å²) in [7, 11) is 0. The molecule has 3 rings (SSSR count). The lowest BCUT2D eigenvalue weighted by Crippen LogP contribution is -2.39. The lowest BCUT2D eigenvalue weighted by molar-refractivity contribution is 0.249. The zero-order valence-electron chi connectivity index (χ0n) is 11.8. The number of nitrogens with zero attached hydrogens (tertiary/aromatic N) is 3. The molecule has 0 spiro atoms. The van der Waals surface area contributed by atoms with E-state index in [1.807, 2.05) is 0 Å². The molecule has 0 atom stereocenters. The Balaban J connectivity index is 1.58. The van der Waals surface area contributed by atoms with Gasteiger partial charge in [0.15, 0.2) is 5.82 Å². The Morgan fingerprint density at radius 3 is 2.65 bits per heavy atom. The summed E-state index contributed by atoms with van der Waals surface area (Å²) in [4.78, 5) is 23.0. The SMILES string of the molecule is Nc1c(N2CCC(CN3CCCC3)CC2)nc[nH]c1=O. The highest BCUT2D eigenvalue weighted by Crippen LogP contribution is 2.25. The van der Waals surface area contributed by atoms with Crippen LogP contribution in [0, 0.1) is 5.92 Å². The van der Waals surface area contributed by atoms with Crippen LogP contribution in [0.1, 0.15) is 25.7 Å². The molecular formula is C14H23N5O. The molecule has 0 saturated carbocycles. The first-order valence-corrected chi connectivity index (χ1v) is 7.54. The Labute approximate surface area is 119 Å². The molecule has 2 saturated heterocycles. The van der Waals surface area contributed by atoms with Crippen molar-refractivity contribution in [1.29, 1.82) is 0 Å². The zero-order chi connectivity index (χ0) is 13.9. The molecule has 0 aliphatic carbocycles. The standard InChI is InChI=1S/C14H23N5O/c15-12-13(16-10-17-14(12)20)19-7-3-11(4-8-19)9-18-5-1-2-6-18/h10-11H,1-9,15H2,(H,16,17,20). The number of likely N-dealkylation sites (tertiary alicyclic amines) is 1. The fraction of sp³-hybridized carbons (Fsp3) is 0.714. The van der Waals surface area contributed by atoms with Crippen LogP contribution in [0.15, 0.2) is 11.1 Å². The molecule has 0 aromatic carbocycles. The Morgan fingerprint density at radius 1 is 1.25 bits per heavy atom. The van der Waals surface area contributed by atoms with E-state index in [4.69, 9.17) is 5.73 Å². The van der Waals surface area contributed by atoms with E-state index < -0.39 is 0 Å². The highest BCUT2D eigenvalue weighted by atomic mass is 16.1. The van der Waals surface area contributed by atoms with Crippen LogP contribution in [0.5, 0.6) is 0 Å². The number of hydrogen-bond acceptors (Lipinski definition) is 5. The van der Waals surface area contributed by atoms with Crippen LogP contribution in [0.4, 0.5) is 11.5 Å². The van der Waals surface area contributed by atoms with E-state index in [9.17, 15) is 4.79 Å². The predicted molar refractivity (Wildman–Crippen MR) is 79.9 cm³/mol. The van der Waals surface area contributed by atoms with Crippen LogP contribution in [0.25, 0.3) is 0 Å². The zero-order valence-corrected chi connectivity index (χ0v) is 11.8. The van der Waals surface area contributed by atoms with Gasteiger partial charge in [0, 0.05) is 19.6 Å².